The van der Waals surface area contributed by atoms with E-state index in [1.807, 2.05) is 6.92 Å². The first-order chi connectivity index (χ1) is 11.8. The van der Waals surface area contributed by atoms with Gasteiger partial charge in [-0.3, -0.25) is 4.79 Å². The second kappa shape index (κ2) is 8.43. The van der Waals surface area contributed by atoms with Gasteiger partial charge >= 0.3 is 5.97 Å². The molecular formula is C17H14Cl3NO4. The number of anilines is 1. The maximum Gasteiger partial charge on any atom is 0.338 e. The molecule has 0 aromatic heterocycles. The van der Waals surface area contributed by atoms with Crippen molar-refractivity contribution in [3.05, 3.63) is 56.5 Å². The molecule has 5 nitrogen and oxygen atoms in total. The zero-order valence-electron chi connectivity index (χ0n) is 13.4. The molecule has 2 aromatic carbocycles. The predicted octanol–water partition coefficient (Wildman–Crippen LogP) is 4.76. The molecule has 0 spiro atoms. The van der Waals surface area contributed by atoms with Crippen molar-refractivity contribution in [1.29, 1.82) is 0 Å². The maximum atomic E-state index is 12.0. The number of hydrogen-bond donors (Lipinski definition) is 1. The minimum Gasteiger partial charge on any atom is -0.496 e. The van der Waals surface area contributed by atoms with E-state index in [2.05, 4.69) is 5.32 Å². The number of amides is 1. The van der Waals surface area contributed by atoms with Crippen LogP contribution in [0, 0.1) is 6.92 Å². The van der Waals surface area contributed by atoms with Gasteiger partial charge in [0.25, 0.3) is 5.91 Å². The summed E-state index contributed by atoms with van der Waals surface area (Å²) < 4.78 is 10.1. The van der Waals surface area contributed by atoms with Crippen LogP contribution in [0.15, 0.2) is 30.3 Å². The van der Waals surface area contributed by atoms with E-state index in [1.54, 1.807) is 18.2 Å². The molecule has 0 fully saturated rings. The topological polar surface area (TPSA) is 64.6 Å². The van der Waals surface area contributed by atoms with Crippen molar-refractivity contribution in [3.63, 3.8) is 0 Å². The van der Waals surface area contributed by atoms with Crippen molar-refractivity contribution in [2.45, 2.75) is 6.92 Å². The molecule has 0 aliphatic carbocycles. The number of aryl methyl sites for hydroxylation is 1. The maximum absolute atomic E-state index is 12.0. The van der Waals surface area contributed by atoms with Gasteiger partial charge in [0.05, 0.1) is 33.4 Å². The van der Waals surface area contributed by atoms with Gasteiger partial charge in [-0.1, -0.05) is 40.9 Å². The first-order valence-electron chi connectivity index (χ1n) is 7.08. The molecule has 0 aliphatic heterocycles. The van der Waals surface area contributed by atoms with Gasteiger partial charge < -0.3 is 14.8 Å². The summed E-state index contributed by atoms with van der Waals surface area (Å²) in [6.07, 6.45) is 0. The average Bonchev–Trinajstić information content (AvgIpc) is 2.58. The Hall–Kier alpha value is -1.95. The predicted molar refractivity (Wildman–Crippen MR) is 98.1 cm³/mol. The van der Waals surface area contributed by atoms with Gasteiger partial charge in [-0.25, -0.2) is 4.79 Å². The van der Waals surface area contributed by atoms with Crippen molar-refractivity contribution < 1.29 is 19.1 Å². The van der Waals surface area contributed by atoms with E-state index in [0.717, 1.165) is 5.56 Å². The summed E-state index contributed by atoms with van der Waals surface area (Å²) in [5, 5.41) is 3.23. The first kappa shape index (κ1) is 19.4. The highest BCUT2D eigenvalue weighted by atomic mass is 35.5. The number of nitrogens with one attached hydrogen (secondary N) is 1. The number of benzene rings is 2. The Morgan fingerprint density at radius 3 is 2.40 bits per heavy atom. The van der Waals surface area contributed by atoms with Crippen LogP contribution in [0.25, 0.3) is 0 Å². The highest BCUT2D eigenvalue weighted by Crippen LogP contribution is 2.32. The summed E-state index contributed by atoms with van der Waals surface area (Å²) >= 11 is 17.7. The van der Waals surface area contributed by atoms with Gasteiger partial charge in [-0.15, -0.1) is 0 Å². The van der Waals surface area contributed by atoms with Crippen LogP contribution >= 0.6 is 34.8 Å². The molecular weight excluding hydrogens is 389 g/mol. The van der Waals surface area contributed by atoms with Gasteiger partial charge in [0.2, 0.25) is 0 Å². The summed E-state index contributed by atoms with van der Waals surface area (Å²) in [4.78, 5) is 24.0. The fourth-order valence-electron chi connectivity index (χ4n) is 1.97. The first-order valence-corrected chi connectivity index (χ1v) is 8.21. The minimum atomic E-state index is -0.645. The molecule has 8 heteroatoms. The lowest BCUT2D eigenvalue weighted by Gasteiger charge is -2.10. The fraction of sp³-hybridized carbons (Fsp3) is 0.176. The summed E-state index contributed by atoms with van der Waals surface area (Å²) in [5.41, 5.74) is 1.43. The number of rotatable bonds is 5. The van der Waals surface area contributed by atoms with E-state index in [0.29, 0.717) is 5.75 Å². The molecule has 0 unspecified atom stereocenters. The molecule has 0 heterocycles. The Balaban J connectivity index is 1.98. The molecule has 0 saturated carbocycles. The largest absolute Gasteiger partial charge is 0.496 e. The van der Waals surface area contributed by atoms with Crippen LogP contribution in [0.3, 0.4) is 0 Å². The molecule has 0 radical (unpaired) electrons. The second-order valence-electron chi connectivity index (χ2n) is 5.05. The monoisotopic (exact) mass is 401 g/mol. The smallest absolute Gasteiger partial charge is 0.338 e. The van der Waals surface area contributed by atoms with Gasteiger partial charge in [0, 0.05) is 0 Å². The number of carbonyl (C=O) groups excluding carboxylic acids is 2. The van der Waals surface area contributed by atoms with E-state index >= 15 is 0 Å². The third kappa shape index (κ3) is 5.01. The molecule has 132 valence electrons. The zero-order chi connectivity index (χ0) is 18.6. The molecule has 0 bridgehead atoms. The third-order valence-electron chi connectivity index (χ3n) is 3.26. The minimum absolute atomic E-state index is 0.220. The Bertz CT molecular complexity index is 824. The molecule has 2 rings (SSSR count). The molecule has 1 N–H and O–H groups in total. The Morgan fingerprint density at radius 2 is 1.72 bits per heavy atom. The number of carbonyl (C=O) groups is 2. The van der Waals surface area contributed by atoms with Crippen molar-refractivity contribution in [3.8, 4) is 5.75 Å². The quantitative estimate of drug-likeness (QED) is 0.578. The molecule has 0 aliphatic rings. The van der Waals surface area contributed by atoms with E-state index in [4.69, 9.17) is 44.3 Å². The summed E-state index contributed by atoms with van der Waals surface area (Å²) in [6.45, 7) is 1.37. The summed E-state index contributed by atoms with van der Waals surface area (Å²) in [6, 6.07) is 7.69. The van der Waals surface area contributed by atoms with Crippen molar-refractivity contribution >= 4 is 52.4 Å². The molecule has 1 amide bonds. The fourth-order valence-corrected chi connectivity index (χ4v) is 2.56. The number of esters is 1. The van der Waals surface area contributed by atoms with Gasteiger partial charge in [-0.05, 0) is 36.8 Å². The lowest BCUT2D eigenvalue weighted by Crippen LogP contribution is -2.21. The normalized spacial score (nSPS) is 10.3. The standard InChI is InChI=1S/C17H14Cl3NO4/c1-9-3-4-10(5-15(9)24-2)17(23)25-8-16(22)21-14-7-12(19)11(18)6-13(14)20/h3-7H,8H2,1-2H3,(H,21,22). The highest BCUT2D eigenvalue weighted by molar-refractivity contribution is 6.44. The summed E-state index contributed by atoms with van der Waals surface area (Å²) in [7, 11) is 1.51. The average molecular weight is 403 g/mol. The SMILES string of the molecule is COc1cc(C(=O)OCC(=O)Nc2cc(Cl)c(Cl)cc2Cl)ccc1C. The Labute approximate surface area is 159 Å². The lowest BCUT2D eigenvalue weighted by atomic mass is 10.1. The number of hydrogen-bond acceptors (Lipinski definition) is 4. The van der Waals surface area contributed by atoms with E-state index in [1.165, 1.54) is 19.2 Å². The lowest BCUT2D eigenvalue weighted by molar-refractivity contribution is -0.119. The van der Waals surface area contributed by atoms with Crippen LogP contribution in [0.5, 0.6) is 5.75 Å². The van der Waals surface area contributed by atoms with Crippen LogP contribution < -0.4 is 10.1 Å². The van der Waals surface area contributed by atoms with Crippen LogP contribution in [0.1, 0.15) is 15.9 Å². The van der Waals surface area contributed by atoms with Crippen molar-refractivity contribution in [2.75, 3.05) is 19.0 Å². The van der Waals surface area contributed by atoms with E-state index < -0.39 is 18.5 Å². The van der Waals surface area contributed by atoms with Gasteiger partial charge in [0.1, 0.15) is 5.75 Å². The Morgan fingerprint density at radius 1 is 1.04 bits per heavy atom. The van der Waals surface area contributed by atoms with Crippen LogP contribution in [-0.2, 0) is 9.53 Å². The van der Waals surface area contributed by atoms with Crippen molar-refractivity contribution in [1.82, 2.24) is 0 Å². The highest BCUT2D eigenvalue weighted by Gasteiger charge is 2.14. The molecule has 2 aromatic rings. The Kier molecular flexibility index (Phi) is 6.53. The van der Waals surface area contributed by atoms with Crippen LogP contribution in [-0.4, -0.2) is 25.6 Å². The number of methoxy groups -OCH3 is 1. The molecule has 0 saturated heterocycles. The van der Waals surface area contributed by atoms with Gasteiger partial charge in [-0.2, -0.15) is 0 Å². The van der Waals surface area contributed by atoms with Crippen molar-refractivity contribution in [2.24, 2.45) is 0 Å². The summed E-state index contributed by atoms with van der Waals surface area (Å²) in [5.74, 6) is -0.650. The second-order valence-corrected chi connectivity index (χ2v) is 6.28. The van der Waals surface area contributed by atoms with Gasteiger partial charge in [0.15, 0.2) is 6.61 Å². The number of halogens is 3. The van der Waals surface area contributed by atoms with E-state index in [9.17, 15) is 9.59 Å². The third-order valence-corrected chi connectivity index (χ3v) is 4.30. The molecule has 25 heavy (non-hydrogen) atoms. The van der Waals surface area contributed by atoms with E-state index in [-0.39, 0.29) is 26.3 Å². The number of ether oxygens (including phenoxy) is 2. The van der Waals surface area contributed by atoms with Crippen LogP contribution in [0.2, 0.25) is 15.1 Å². The molecule has 0 atom stereocenters. The zero-order valence-corrected chi connectivity index (χ0v) is 15.6. The van der Waals surface area contributed by atoms with Crippen LogP contribution in [0.4, 0.5) is 5.69 Å².